The summed E-state index contributed by atoms with van der Waals surface area (Å²) in [5.41, 5.74) is 4.22. The monoisotopic (exact) mass is 472 g/mol. The second-order valence-electron chi connectivity index (χ2n) is 12.5. The molecule has 0 saturated heterocycles. The van der Waals surface area contributed by atoms with E-state index < -0.39 is 5.60 Å². The second kappa shape index (κ2) is 11.7. The molecule has 0 radical (unpaired) electrons. The zero-order valence-corrected chi connectivity index (χ0v) is 23.3. The van der Waals surface area contributed by atoms with E-state index >= 15 is 0 Å². The van der Waals surface area contributed by atoms with Crippen LogP contribution in [0.3, 0.4) is 0 Å². The summed E-state index contributed by atoms with van der Waals surface area (Å²) in [5, 5.41) is 21.0. The highest BCUT2D eigenvalue weighted by atomic mass is 16.3. The Balaban J connectivity index is 2.14. The van der Waals surface area contributed by atoms with E-state index in [-0.39, 0.29) is 17.9 Å². The largest absolute Gasteiger partial charge is 0.396 e. The Bertz CT molecular complexity index is 797. The number of allylic oxidation sites excluding steroid dienone is 6. The first kappa shape index (κ1) is 29.0. The Labute approximate surface area is 209 Å². The quantitative estimate of drug-likeness (QED) is 0.196. The van der Waals surface area contributed by atoms with Crippen molar-refractivity contribution in [1.82, 2.24) is 0 Å². The van der Waals surface area contributed by atoms with Crippen LogP contribution < -0.4 is 0 Å². The molecule has 5 atom stereocenters. The minimum Gasteiger partial charge on any atom is -0.396 e. The lowest BCUT2D eigenvalue weighted by molar-refractivity contribution is -0.115. The smallest absolute Gasteiger partial charge is 0.145 e. The second-order valence-corrected chi connectivity index (χ2v) is 12.5. The summed E-state index contributed by atoms with van der Waals surface area (Å²) in [6.07, 6.45) is 14.1. The molecule has 0 aliphatic heterocycles. The van der Waals surface area contributed by atoms with Crippen molar-refractivity contribution in [2.75, 3.05) is 6.61 Å². The maximum atomic E-state index is 11.6. The number of hydrogen-bond acceptors (Lipinski definition) is 3. The van der Waals surface area contributed by atoms with Gasteiger partial charge in [-0.05, 0) is 114 Å². The maximum absolute atomic E-state index is 11.6. The SMILES string of the molecule is CC1=CC[C@@H](C)C(C)(C)[C@@H]1CC/C(C)=C/CC[C@]1(C)[C@@H](CCCO)/C(=C(/C)C=O)CC[C@]1(C)O. The highest BCUT2D eigenvalue weighted by Gasteiger charge is 2.52. The van der Waals surface area contributed by atoms with Gasteiger partial charge in [0.2, 0.25) is 0 Å². The van der Waals surface area contributed by atoms with Gasteiger partial charge in [0.1, 0.15) is 6.29 Å². The summed E-state index contributed by atoms with van der Waals surface area (Å²) >= 11 is 0. The average molecular weight is 473 g/mol. The van der Waals surface area contributed by atoms with E-state index in [9.17, 15) is 15.0 Å². The van der Waals surface area contributed by atoms with Gasteiger partial charge in [-0.15, -0.1) is 0 Å². The van der Waals surface area contributed by atoms with Crippen molar-refractivity contribution < 1.29 is 15.0 Å². The maximum Gasteiger partial charge on any atom is 0.145 e. The number of aldehydes is 1. The molecule has 2 aliphatic rings. The topological polar surface area (TPSA) is 57.5 Å². The van der Waals surface area contributed by atoms with E-state index in [0.29, 0.717) is 30.1 Å². The van der Waals surface area contributed by atoms with Gasteiger partial charge in [-0.1, -0.05) is 56.6 Å². The van der Waals surface area contributed by atoms with Crippen LogP contribution in [0.15, 0.2) is 34.4 Å². The molecule has 0 heterocycles. The van der Waals surface area contributed by atoms with Crippen LogP contribution in [0.4, 0.5) is 0 Å². The summed E-state index contributed by atoms with van der Waals surface area (Å²) in [6.45, 7) is 18.0. The van der Waals surface area contributed by atoms with Gasteiger partial charge in [-0.2, -0.15) is 0 Å². The lowest BCUT2D eigenvalue weighted by Gasteiger charge is -2.53. The molecule has 0 aromatic carbocycles. The number of hydrogen-bond donors (Lipinski definition) is 2. The van der Waals surface area contributed by atoms with Crippen molar-refractivity contribution in [1.29, 1.82) is 0 Å². The number of carbonyl (C=O) groups is 1. The molecular formula is C31H52O3. The van der Waals surface area contributed by atoms with E-state index in [2.05, 4.69) is 53.7 Å². The lowest BCUT2D eigenvalue weighted by Crippen LogP contribution is -2.52. The summed E-state index contributed by atoms with van der Waals surface area (Å²) in [7, 11) is 0. The van der Waals surface area contributed by atoms with Gasteiger partial charge in [0.15, 0.2) is 0 Å². The highest BCUT2D eigenvalue weighted by Crippen LogP contribution is 2.55. The van der Waals surface area contributed by atoms with Crippen molar-refractivity contribution in [3.63, 3.8) is 0 Å². The minimum absolute atomic E-state index is 0.125. The summed E-state index contributed by atoms with van der Waals surface area (Å²) < 4.78 is 0. The van der Waals surface area contributed by atoms with Gasteiger partial charge in [0, 0.05) is 12.0 Å². The predicted octanol–water partition coefficient (Wildman–Crippen LogP) is 7.58. The molecule has 3 heteroatoms. The number of rotatable bonds is 10. The van der Waals surface area contributed by atoms with Crippen LogP contribution in [0.2, 0.25) is 0 Å². The lowest BCUT2D eigenvalue weighted by atomic mass is 9.54. The first-order valence-electron chi connectivity index (χ1n) is 13.6. The molecule has 3 nitrogen and oxygen atoms in total. The van der Waals surface area contributed by atoms with Gasteiger partial charge < -0.3 is 10.2 Å². The zero-order chi connectivity index (χ0) is 25.7. The molecular weight excluding hydrogens is 420 g/mol. The molecule has 2 N–H and O–H groups in total. The molecule has 0 spiro atoms. The van der Waals surface area contributed by atoms with E-state index in [4.69, 9.17) is 0 Å². The molecule has 0 aromatic rings. The molecule has 0 aromatic heterocycles. The van der Waals surface area contributed by atoms with E-state index in [0.717, 1.165) is 44.0 Å². The average Bonchev–Trinajstić information content (AvgIpc) is 2.77. The van der Waals surface area contributed by atoms with Crippen LogP contribution in [0.5, 0.6) is 0 Å². The van der Waals surface area contributed by atoms with E-state index in [1.165, 1.54) is 24.0 Å². The Morgan fingerprint density at radius 2 is 1.82 bits per heavy atom. The fourth-order valence-electron chi connectivity index (χ4n) is 6.81. The molecule has 1 fully saturated rings. The summed E-state index contributed by atoms with van der Waals surface area (Å²) in [4.78, 5) is 11.6. The molecule has 2 rings (SSSR count). The minimum atomic E-state index is -0.786. The van der Waals surface area contributed by atoms with E-state index in [1.54, 1.807) is 5.57 Å². The fraction of sp³-hybridized carbons (Fsp3) is 0.774. The third-order valence-electron chi connectivity index (χ3n) is 10.1. The first-order chi connectivity index (χ1) is 15.8. The molecule has 194 valence electrons. The number of carbonyl (C=O) groups excluding carboxylic acids is 1. The Morgan fingerprint density at radius 3 is 2.44 bits per heavy atom. The Kier molecular flexibility index (Phi) is 9.99. The van der Waals surface area contributed by atoms with Crippen molar-refractivity contribution >= 4 is 6.29 Å². The van der Waals surface area contributed by atoms with Crippen LogP contribution in [-0.2, 0) is 4.79 Å². The summed E-state index contributed by atoms with van der Waals surface area (Å²) in [6, 6.07) is 0. The van der Waals surface area contributed by atoms with Crippen LogP contribution in [0, 0.1) is 28.6 Å². The predicted molar refractivity (Wildman–Crippen MR) is 144 cm³/mol. The molecule has 0 unspecified atom stereocenters. The van der Waals surface area contributed by atoms with E-state index in [1.807, 2.05) is 13.8 Å². The molecule has 0 amide bonds. The van der Waals surface area contributed by atoms with Gasteiger partial charge in [-0.3, -0.25) is 4.79 Å². The van der Waals surface area contributed by atoms with Crippen molar-refractivity contribution in [2.24, 2.45) is 28.6 Å². The Hall–Kier alpha value is -1.19. The molecule has 0 bridgehead atoms. The normalized spacial score (nSPS) is 35.6. The van der Waals surface area contributed by atoms with Crippen LogP contribution in [-0.4, -0.2) is 28.7 Å². The number of aliphatic hydroxyl groups excluding tert-OH is 1. The van der Waals surface area contributed by atoms with Crippen LogP contribution in [0.25, 0.3) is 0 Å². The Morgan fingerprint density at radius 1 is 1.15 bits per heavy atom. The number of aliphatic hydroxyl groups is 2. The van der Waals surface area contributed by atoms with Crippen LogP contribution in [0.1, 0.15) is 113 Å². The van der Waals surface area contributed by atoms with Crippen molar-refractivity contribution in [2.45, 2.75) is 119 Å². The van der Waals surface area contributed by atoms with Gasteiger partial charge >= 0.3 is 0 Å². The van der Waals surface area contributed by atoms with Gasteiger partial charge in [-0.25, -0.2) is 0 Å². The van der Waals surface area contributed by atoms with Gasteiger partial charge in [0.05, 0.1) is 5.60 Å². The molecule has 1 saturated carbocycles. The fourth-order valence-corrected chi connectivity index (χ4v) is 6.81. The third kappa shape index (κ3) is 6.13. The standard InChI is InChI=1S/C31H52O3/c1-22(13-16-27-23(2)14-15-25(4)29(27,5)6)11-9-18-30(7)28(12-10-20-32)26(24(3)21-33)17-19-31(30,8)34/h11,14,21,25,27-28,32,34H,9-10,12-13,15-20H2,1-8H3/b22-11+,26-24-/t25-,27-,28+,30-,31+/m1/s1. The van der Waals surface area contributed by atoms with Gasteiger partial charge in [0.25, 0.3) is 0 Å². The van der Waals surface area contributed by atoms with Crippen LogP contribution >= 0.6 is 0 Å². The highest BCUT2D eigenvalue weighted by molar-refractivity contribution is 5.74. The zero-order valence-electron chi connectivity index (χ0n) is 23.3. The molecule has 34 heavy (non-hydrogen) atoms. The first-order valence-corrected chi connectivity index (χ1v) is 13.6. The molecule has 2 aliphatic carbocycles. The van der Waals surface area contributed by atoms with Crippen molar-refractivity contribution in [3.8, 4) is 0 Å². The van der Waals surface area contributed by atoms with Crippen molar-refractivity contribution in [3.05, 3.63) is 34.4 Å². The third-order valence-corrected chi connectivity index (χ3v) is 10.1. The summed E-state index contributed by atoms with van der Waals surface area (Å²) in [5.74, 6) is 1.48.